The Bertz CT molecular complexity index is 938. The molecular formula is C17H17FN6O3. The molecule has 0 amide bonds. The third kappa shape index (κ3) is 4.75. The highest BCUT2D eigenvalue weighted by molar-refractivity contribution is 5.73. The van der Waals surface area contributed by atoms with E-state index in [1.807, 2.05) is 0 Å². The average molecular weight is 372 g/mol. The molecule has 0 atom stereocenters. The molecule has 0 bridgehead atoms. The van der Waals surface area contributed by atoms with E-state index in [9.17, 15) is 9.18 Å². The van der Waals surface area contributed by atoms with Crippen LogP contribution in [0.1, 0.15) is 22.8 Å². The molecule has 3 rings (SSSR count). The van der Waals surface area contributed by atoms with E-state index in [1.54, 1.807) is 13.8 Å². The molecule has 0 fully saturated rings. The van der Waals surface area contributed by atoms with Crippen molar-refractivity contribution in [2.24, 2.45) is 0 Å². The van der Waals surface area contributed by atoms with Crippen molar-refractivity contribution in [2.45, 2.75) is 26.9 Å². The molecule has 10 heteroatoms. The molecule has 0 saturated carbocycles. The number of esters is 1. The molecule has 9 nitrogen and oxygen atoms in total. The van der Waals surface area contributed by atoms with Crippen LogP contribution < -0.4 is 11.1 Å². The summed E-state index contributed by atoms with van der Waals surface area (Å²) >= 11 is 0. The summed E-state index contributed by atoms with van der Waals surface area (Å²) in [6, 6.07) is 5.64. The summed E-state index contributed by atoms with van der Waals surface area (Å²) in [6.07, 6.45) is 0.0302. The zero-order valence-electron chi connectivity index (χ0n) is 14.7. The fourth-order valence-electron chi connectivity index (χ4n) is 2.32. The van der Waals surface area contributed by atoms with Crippen LogP contribution in [0, 0.1) is 19.7 Å². The van der Waals surface area contributed by atoms with Gasteiger partial charge in [0.2, 0.25) is 11.9 Å². The summed E-state index contributed by atoms with van der Waals surface area (Å²) < 4.78 is 23.2. The summed E-state index contributed by atoms with van der Waals surface area (Å²) in [6.45, 7) is 3.30. The molecule has 0 aliphatic heterocycles. The lowest BCUT2D eigenvalue weighted by molar-refractivity contribution is -0.144. The van der Waals surface area contributed by atoms with E-state index in [-0.39, 0.29) is 36.6 Å². The van der Waals surface area contributed by atoms with Gasteiger partial charge >= 0.3 is 5.97 Å². The molecule has 0 saturated heterocycles. The van der Waals surface area contributed by atoms with Gasteiger partial charge in [0.05, 0.1) is 12.1 Å². The molecule has 27 heavy (non-hydrogen) atoms. The first-order valence-corrected chi connectivity index (χ1v) is 8.01. The Labute approximate surface area is 153 Å². The van der Waals surface area contributed by atoms with E-state index < -0.39 is 5.97 Å². The SMILES string of the molecule is Cc1noc(C)c1CC(=O)OCc1nc(N)nc(Nc2ccc(F)cc2)n1. The van der Waals surface area contributed by atoms with Gasteiger partial charge in [-0.15, -0.1) is 0 Å². The van der Waals surface area contributed by atoms with Crippen LogP contribution in [0.3, 0.4) is 0 Å². The number of halogens is 1. The van der Waals surface area contributed by atoms with Crippen molar-refractivity contribution in [1.82, 2.24) is 20.1 Å². The van der Waals surface area contributed by atoms with Gasteiger partial charge in [-0.3, -0.25) is 4.79 Å². The number of rotatable bonds is 6. The normalized spacial score (nSPS) is 10.6. The van der Waals surface area contributed by atoms with Crippen LogP contribution in [-0.2, 0) is 22.6 Å². The molecule has 3 aromatic rings. The Morgan fingerprint density at radius 1 is 1.22 bits per heavy atom. The van der Waals surface area contributed by atoms with Crippen molar-refractivity contribution in [2.75, 3.05) is 11.1 Å². The topological polar surface area (TPSA) is 129 Å². The molecule has 0 unspecified atom stereocenters. The van der Waals surface area contributed by atoms with Crippen molar-refractivity contribution in [1.29, 1.82) is 0 Å². The summed E-state index contributed by atoms with van der Waals surface area (Å²) in [7, 11) is 0. The van der Waals surface area contributed by atoms with Crippen LogP contribution in [0.5, 0.6) is 0 Å². The minimum atomic E-state index is -0.476. The molecule has 3 N–H and O–H groups in total. The molecule has 2 heterocycles. The zero-order chi connectivity index (χ0) is 19.4. The number of nitrogen functional groups attached to an aromatic ring is 1. The van der Waals surface area contributed by atoms with Crippen molar-refractivity contribution < 1.29 is 18.4 Å². The van der Waals surface area contributed by atoms with E-state index in [2.05, 4.69) is 25.4 Å². The Morgan fingerprint density at radius 3 is 2.63 bits per heavy atom. The number of hydrogen-bond donors (Lipinski definition) is 2. The fraction of sp³-hybridized carbons (Fsp3) is 0.235. The van der Waals surface area contributed by atoms with E-state index in [0.29, 0.717) is 22.7 Å². The number of hydrogen-bond acceptors (Lipinski definition) is 9. The van der Waals surface area contributed by atoms with Crippen LogP contribution >= 0.6 is 0 Å². The Morgan fingerprint density at radius 2 is 1.96 bits per heavy atom. The van der Waals surface area contributed by atoms with Crippen molar-refractivity contribution in [3.05, 3.63) is 52.9 Å². The summed E-state index contributed by atoms with van der Waals surface area (Å²) in [5.74, 6) is 0.0363. The maximum atomic E-state index is 13.0. The number of carbonyl (C=O) groups excluding carboxylic acids is 1. The first kappa shape index (κ1) is 18.2. The molecule has 0 radical (unpaired) electrons. The minimum Gasteiger partial charge on any atom is -0.457 e. The maximum absolute atomic E-state index is 13.0. The van der Waals surface area contributed by atoms with Gasteiger partial charge in [0.25, 0.3) is 0 Å². The van der Waals surface area contributed by atoms with Gasteiger partial charge in [0.1, 0.15) is 11.6 Å². The summed E-state index contributed by atoms with van der Waals surface area (Å²) in [5, 5.41) is 6.67. The number of carbonyl (C=O) groups is 1. The van der Waals surface area contributed by atoms with Gasteiger partial charge in [0, 0.05) is 11.3 Å². The lowest BCUT2D eigenvalue weighted by Gasteiger charge is -2.08. The van der Waals surface area contributed by atoms with Crippen LogP contribution in [0.2, 0.25) is 0 Å². The molecule has 0 aliphatic carbocycles. The van der Waals surface area contributed by atoms with Crippen molar-refractivity contribution in [3.63, 3.8) is 0 Å². The third-order valence-corrected chi connectivity index (χ3v) is 3.66. The molecule has 0 spiro atoms. The number of nitrogens with two attached hydrogens (primary N) is 1. The van der Waals surface area contributed by atoms with E-state index in [0.717, 1.165) is 0 Å². The standard InChI is InChI=1S/C17H17FN6O3/c1-9-13(10(2)27-24-9)7-15(25)26-8-14-21-16(19)23-17(22-14)20-12-5-3-11(18)4-6-12/h3-6H,7-8H2,1-2H3,(H3,19,20,21,22,23). The second-order valence-corrected chi connectivity index (χ2v) is 5.71. The lowest BCUT2D eigenvalue weighted by Crippen LogP contribution is -2.13. The zero-order valence-corrected chi connectivity index (χ0v) is 14.7. The van der Waals surface area contributed by atoms with Gasteiger partial charge < -0.3 is 20.3 Å². The minimum absolute atomic E-state index is 0.0302. The van der Waals surface area contributed by atoms with Crippen molar-refractivity contribution >= 4 is 23.6 Å². The summed E-state index contributed by atoms with van der Waals surface area (Å²) in [4.78, 5) is 24.1. The Hall–Kier alpha value is -3.56. The number of benzene rings is 1. The number of nitrogens with zero attached hydrogens (tertiary/aromatic N) is 4. The lowest BCUT2D eigenvalue weighted by atomic mass is 10.1. The third-order valence-electron chi connectivity index (χ3n) is 3.66. The quantitative estimate of drug-likeness (QED) is 0.626. The number of aromatic nitrogens is 4. The maximum Gasteiger partial charge on any atom is 0.310 e. The second-order valence-electron chi connectivity index (χ2n) is 5.71. The van der Waals surface area contributed by atoms with Gasteiger partial charge in [-0.2, -0.15) is 15.0 Å². The summed E-state index contributed by atoms with van der Waals surface area (Å²) in [5.41, 5.74) is 7.57. The molecule has 1 aromatic carbocycles. The highest BCUT2D eigenvalue weighted by atomic mass is 19.1. The number of aryl methyl sites for hydroxylation is 2. The van der Waals surface area contributed by atoms with E-state index in [4.69, 9.17) is 15.0 Å². The second kappa shape index (κ2) is 7.77. The van der Waals surface area contributed by atoms with Gasteiger partial charge in [-0.25, -0.2) is 4.39 Å². The van der Waals surface area contributed by atoms with Gasteiger partial charge in [0.15, 0.2) is 12.4 Å². The van der Waals surface area contributed by atoms with Crippen LogP contribution in [0.4, 0.5) is 22.0 Å². The largest absolute Gasteiger partial charge is 0.457 e. The highest BCUT2D eigenvalue weighted by Gasteiger charge is 2.15. The van der Waals surface area contributed by atoms with Crippen molar-refractivity contribution in [3.8, 4) is 0 Å². The number of nitrogens with one attached hydrogen (secondary N) is 1. The fourth-order valence-corrected chi connectivity index (χ4v) is 2.32. The number of ether oxygens (including phenoxy) is 1. The first-order valence-electron chi connectivity index (χ1n) is 8.01. The van der Waals surface area contributed by atoms with Crippen LogP contribution in [-0.4, -0.2) is 26.1 Å². The predicted molar refractivity (Wildman–Crippen MR) is 93.4 cm³/mol. The Kier molecular flexibility index (Phi) is 5.25. The van der Waals surface area contributed by atoms with Crippen LogP contribution in [0.25, 0.3) is 0 Å². The van der Waals surface area contributed by atoms with Crippen LogP contribution in [0.15, 0.2) is 28.8 Å². The predicted octanol–water partition coefficient (Wildman–Crippen LogP) is 2.23. The first-order chi connectivity index (χ1) is 12.9. The Balaban J connectivity index is 1.64. The molecular weight excluding hydrogens is 355 g/mol. The molecule has 2 aromatic heterocycles. The average Bonchev–Trinajstić information content (AvgIpc) is 2.93. The highest BCUT2D eigenvalue weighted by Crippen LogP contribution is 2.15. The monoisotopic (exact) mass is 372 g/mol. The van der Waals surface area contributed by atoms with Gasteiger partial charge in [-0.1, -0.05) is 5.16 Å². The van der Waals surface area contributed by atoms with E-state index in [1.165, 1.54) is 24.3 Å². The van der Waals surface area contributed by atoms with Gasteiger partial charge in [-0.05, 0) is 38.1 Å². The smallest absolute Gasteiger partial charge is 0.310 e. The number of anilines is 3. The van der Waals surface area contributed by atoms with E-state index >= 15 is 0 Å². The molecule has 0 aliphatic rings. The molecule has 140 valence electrons.